The molecule has 7 heteroatoms. The Kier molecular flexibility index (Phi) is 4.59. The fraction of sp³-hybridized carbons (Fsp3) is 0. The molecular formula is C19H11Cl2N3OS. The van der Waals surface area contributed by atoms with Gasteiger partial charge in [0.25, 0.3) is 5.56 Å². The molecule has 0 aliphatic rings. The number of fused-ring (bicyclic) bond motifs is 1. The Morgan fingerprint density at radius 1 is 1.04 bits per heavy atom. The van der Waals surface area contributed by atoms with Gasteiger partial charge in [-0.15, -0.1) is 5.10 Å². The standard InChI is InChI=1S/C19H11Cl2N3OS/c20-14-8-7-13(15(21)11-14)10-16-18(25)24-19(26-16)22-17(23-24)9-6-12-4-2-1-3-5-12/h1-11H/b9-6+,16-10-. The van der Waals surface area contributed by atoms with Crippen LogP contribution in [0, 0.1) is 0 Å². The van der Waals surface area contributed by atoms with Crippen molar-refractivity contribution < 1.29 is 0 Å². The molecule has 4 rings (SSSR count). The van der Waals surface area contributed by atoms with Crippen LogP contribution in [0.4, 0.5) is 0 Å². The number of benzene rings is 2. The van der Waals surface area contributed by atoms with Crippen LogP contribution in [0.25, 0.3) is 23.2 Å². The Labute approximate surface area is 162 Å². The molecule has 0 saturated carbocycles. The summed E-state index contributed by atoms with van der Waals surface area (Å²) in [7, 11) is 0. The maximum absolute atomic E-state index is 12.5. The van der Waals surface area contributed by atoms with Gasteiger partial charge in [0, 0.05) is 10.0 Å². The van der Waals surface area contributed by atoms with E-state index in [0.29, 0.717) is 25.4 Å². The summed E-state index contributed by atoms with van der Waals surface area (Å²) in [5, 5.41) is 5.31. The van der Waals surface area contributed by atoms with Crippen molar-refractivity contribution in [3.63, 3.8) is 0 Å². The molecule has 0 atom stereocenters. The minimum Gasteiger partial charge on any atom is -0.266 e. The minimum atomic E-state index is -0.220. The molecule has 0 spiro atoms. The van der Waals surface area contributed by atoms with Crippen molar-refractivity contribution in [2.24, 2.45) is 0 Å². The van der Waals surface area contributed by atoms with Crippen LogP contribution >= 0.6 is 34.5 Å². The summed E-state index contributed by atoms with van der Waals surface area (Å²) < 4.78 is 1.83. The molecule has 0 amide bonds. The lowest BCUT2D eigenvalue weighted by Crippen LogP contribution is -2.23. The summed E-state index contributed by atoms with van der Waals surface area (Å²) in [6.45, 7) is 0. The largest absolute Gasteiger partial charge is 0.291 e. The highest BCUT2D eigenvalue weighted by atomic mass is 35.5. The van der Waals surface area contributed by atoms with Crippen LogP contribution < -0.4 is 10.1 Å². The third kappa shape index (κ3) is 3.42. The molecule has 4 aromatic rings. The Morgan fingerprint density at radius 3 is 2.58 bits per heavy atom. The fourth-order valence-electron chi connectivity index (χ4n) is 2.41. The number of rotatable bonds is 3. The zero-order valence-corrected chi connectivity index (χ0v) is 15.6. The van der Waals surface area contributed by atoms with Gasteiger partial charge in [0.15, 0.2) is 5.82 Å². The number of nitrogens with zero attached hydrogens (tertiary/aromatic N) is 3. The molecule has 0 aliphatic carbocycles. The normalized spacial score (nSPS) is 12.5. The summed E-state index contributed by atoms with van der Waals surface area (Å²) in [6.07, 6.45) is 5.42. The predicted molar refractivity (Wildman–Crippen MR) is 108 cm³/mol. The Balaban J connectivity index is 1.71. The van der Waals surface area contributed by atoms with Gasteiger partial charge in [0.05, 0.1) is 4.53 Å². The van der Waals surface area contributed by atoms with E-state index in [1.807, 2.05) is 36.4 Å². The Bertz CT molecular complexity index is 1230. The summed E-state index contributed by atoms with van der Waals surface area (Å²) in [6, 6.07) is 15.0. The van der Waals surface area contributed by atoms with Crippen LogP contribution in [-0.2, 0) is 0 Å². The zero-order valence-electron chi connectivity index (χ0n) is 13.3. The highest BCUT2D eigenvalue weighted by molar-refractivity contribution is 7.15. The number of hydrogen-bond donors (Lipinski definition) is 0. The predicted octanol–water partition coefficient (Wildman–Crippen LogP) is 4.18. The van der Waals surface area contributed by atoms with Crippen LogP contribution in [0.15, 0.2) is 53.3 Å². The minimum absolute atomic E-state index is 0.220. The molecule has 4 nitrogen and oxygen atoms in total. The highest BCUT2D eigenvalue weighted by Gasteiger charge is 2.09. The van der Waals surface area contributed by atoms with E-state index in [9.17, 15) is 4.79 Å². The molecule has 2 aromatic carbocycles. The van der Waals surface area contributed by atoms with E-state index < -0.39 is 0 Å². The van der Waals surface area contributed by atoms with E-state index in [1.165, 1.54) is 15.9 Å². The van der Waals surface area contributed by atoms with E-state index in [4.69, 9.17) is 23.2 Å². The van der Waals surface area contributed by atoms with Gasteiger partial charge >= 0.3 is 0 Å². The monoisotopic (exact) mass is 399 g/mol. The van der Waals surface area contributed by atoms with E-state index >= 15 is 0 Å². The topological polar surface area (TPSA) is 47.3 Å². The van der Waals surface area contributed by atoms with Gasteiger partial charge in [0.2, 0.25) is 4.96 Å². The lowest BCUT2D eigenvalue weighted by molar-refractivity contribution is 0.925. The summed E-state index contributed by atoms with van der Waals surface area (Å²) in [5.74, 6) is 0.494. The van der Waals surface area contributed by atoms with Crippen LogP contribution in [-0.4, -0.2) is 14.6 Å². The molecule has 0 radical (unpaired) electrons. The van der Waals surface area contributed by atoms with E-state index in [-0.39, 0.29) is 5.56 Å². The second-order valence-corrected chi connectivity index (χ2v) is 7.34. The van der Waals surface area contributed by atoms with Gasteiger partial charge in [-0.2, -0.15) is 9.50 Å². The van der Waals surface area contributed by atoms with Gasteiger partial charge in [0.1, 0.15) is 0 Å². The van der Waals surface area contributed by atoms with Crippen molar-refractivity contribution in [1.29, 1.82) is 0 Å². The van der Waals surface area contributed by atoms with Crippen molar-refractivity contribution in [1.82, 2.24) is 14.6 Å². The fourth-order valence-corrected chi connectivity index (χ4v) is 3.78. The molecule has 26 heavy (non-hydrogen) atoms. The smallest absolute Gasteiger partial charge is 0.266 e. The van der Waals surface area contributed by atoms with Crippen molar-refractivity contribution in [2.45, 2.75) is 0 Å². The second-order valence-electron chi connectivity index (χ2n) is 5.49. The van der Waals surface area contributed by atoms with Crippen LogP contribution in [0.5, 0.6) is 0 Å². The summed E-state index contributed by atoms with van der Waals surface area (Å²) in [4.78, 5) is 17.5. The second kappa shape index (κ2) is 7.03. The van der Waals surface area contributed by atoms with E-state index in [2.05, 4.69) is 10.1 Å². The van der Waals surface area contributed by atoms with Gasteiger partial charge in [-0.25, -0.2) is 0 Å². The summed E-state index contributed by atoms with van der Waals surface area (Å²) >= 11 is 13.3. The SMILES string of the molecule is O=c1/c(=C/c2ccc(Cl)cc2Cl)sc2nc(/C=C/c3ccccc3)nn12. The lowest BCUT2D eigenvalue weighted by atomic mass is 10.2. The first-order chi connectivity index (χ1) is 12.6. The lowest BCUT2D eigenvalue weighted by Gasteiger charge is -1.97. The first kappa shape index (κ1) is 17.0. The average Bonchev–Trinajstić information content (AvgIpc) is 3.16. The van der Waals surface area contributed by atoms with Crippen molar-refractivity contribution in [3.05, 3.63) is 90.4 Å². The highest BCUT2D eigenvalue weighted by Crippen LogP contribution is 2.21. The Hall–Kier alpha value is -2.47. The average molecular weight is 400 g/mol. The van der Waals surface area contributed by atoms with Gasteiger partial charge in [-0.3, -0.25) is 4.79 Å². The number of hydrogen-bond acceptors (Lipinski definition) is 4. The van der Waals surface area contributed by atoms with Crippen LogP contribution in [0.2, 0.25) is 10.0 Å². The van der Waals surface area contributed by atoms with Crippen LogP contribution in [0.1, 0.15) is 17.0 Å². The number of thiazole rings is 1. The molecule has 0 unspecified atom stereocenters. The molecular weight excluding hydrogens is 389 g/mol. The van der Waals surface area contributed by atoms with Gasteiger partial charge in [-0.1, -0.05) is 77.0 Å². The van der Waals surface area contributed by atoms with Gasteiger partial charge < -0.3 is 0 Å². The first-order valence-corrected chi connectivity index (χ1v) is 9.27. The molecule has 2 aromatic heterocycles. The van der Waals surface area contributed by atoms with Crippen molar-refractivity contribution >= 4 is 57.7 Å². The number of halogens is 2. The quantitative estimate of drug-likeness (QED) is 0.519. The molecule has 0 aliphatic heterocycles. The van der Waals surface area contributed by atoms with E-state index in [0.717, 1.165) is 11.1 Å². The van der Waals surface area contributed by atoms with E-state index in [1.54, 1.807) is 30.4 Å². The molecule has 0 fully saturated rings. The van der Waals surface area contributed by atoms with Crippen molar-refractivity contribution in [2.75, 3.05) is 0 Å². The molecule has 0 N–H and O–H groups in total. The van der Waals surface area contributed by atoms with Crippen LogP contribution in [0.3, 0.4) is 0 Å². The molecule has 2 heterocycles. The number of aromatic nitrogens is 3. The van der Waals surface area contributed by atoms with Gasteiger partial charge in [-0.05, 0) is 35.4 Å². The zero-order chi connectivity index (χ0) is 18.1. The molecule has 128 valence electrons. The maximum Gasteiger partial charge on any atom is 0.291 e. The third-order valence-electron chi connectivity index (χ3n) is 3.67. The molecule has 0 saturated heterocycles. The first-order valence-electron chi connectivity index (χ1n) is 7.70. The third-order valence-corrected chi connectivity index (χ3v) is 5.19. The summed E-state index contributed by atoms with van der Waals surface area (Å²) in [5.41, 5.74) is 1.55. The van der Waals surface area contributed by atoms with Crippen molar-refractivity contribution in [3.8, 4) is 0 Å². The molecule has 0 bridgehead atoms. The maximum atomic E-state index is 12.5. The Morgan fingerprint density at radius 2 is 1.85 bits per heavy atom.